The van der Waals surface area contributed by atoms with Crippen LogP contribution in [0.4, 0.5) is 17.1 Å². The molecule has 60 heavy (non-hydrogen) atoms. The Balaban J connectivity index is 0.907. The van der Waals surface area contributed by atoms with Crippen LogP contribution in [-0.2, 0) is 0 Å². The highest BCUT2D eigenvalue weighted by Gasteiger charge is 2.17. The zero-order valence-electron chi connectivity index (χ0n) is 32.2. The quantitative estimate of drug-likeness (QED) is 0.159. The number of anilines is 3. The summed E-state index contributed by atoms with van der Waals surface area (Å²) < 4.78 is 6.43. The van der Waals surface area contributed by atoms with Crippen molar-refractivity contribution in [1.82, 2.24) is 4.98 Å². The number of hydrogen-bond donors (Lipinski definition) is 0. The van der Waals surface area contributed by atoms with Crippen LogP contribution in [0.3, 0.4) is 0 Å². The van der Waals surface area contributed by atoms with Gasteiger partial charge in [0.25, 0.3) is 0 Å². The Morgan fingerprint density at radius 3 is 1.62 bits per heavy atom. The Kier molecular flexibility index (Phi) is 8.44. The van der Waals surface area contributed by atoms with Crippen LogP contribution in [0.1, 0.15) is 0 Å². The van der Waals surface area contributed by atoms with Crippen molar-refractivity contribution in [3.05, 3.63) is 206 Å². The van der Waals surface area contributed by atoms with Gasteiger partial charge < -0.3 is 4.90 Å². The number of thiophene rings is 2. The molecule has 0 fully saturated rings. The van der Waals surface area contributed by atoms with Gasteiger partial charge in [0.1, 0.15) is 5.01 Å². The van der Waals surface area contributed by atoms with Gasteiger partial charge in [0.05, 0.1) is 10.2 Å². The predicted octanol–water partition coefficient (Wildman–Crippen LogP) is 17.2. The van der Waals surface area contributed by atoms with Gasteiger partial charge in [0, 0.05) is 63.0 Å². The van der Waals surface area contributed by atoms with Crippen LogP contribution >= 0.6 is 34.0 Å². The summed E-state index contributed by atoms with van der Waals surface area (Å²) in [5.74, 6) is 0. The number of rotatable bonds is 7. The van der Waals surface area contributed by atoms with Gasteiger partial charge in [-0.25, -0.2) is 4.98 Å². The number of aromatic nitrogens is 1. The Hall–Kier alpha value is -6.89. The molecule has 0 bridgehead atoms. The first kappa shape index (κ1) is 35.1. The summed E-state index contributed by atoms with van der Waals surface area (Å²) in [5, 5.41) is 6.23. The first-order valence-corrected chi connectivity index (χ1v) is 22.5. The second-order valence-electron chi connectivity index (χ2n) is 15.1. The molecule has 0 saturated heterocycles. The molecule has 0 spiro atoms. The zero-order valence-corrected chi connectivity index (χ0v) is 34.7. The summed E-state index contributed by atoms with van der Waals surface area (Å²) in [4.78, 5) is 7.53. The third kappa shape index (κ3) is 6.01. The average molecular weight is 819 g/mol. The SMILES string of the molecule is c1ccc(-c2ccc(N(c3ccc(-c4ccc5c(c4)sc4ccc6sc(-c7ccccc7)nc6c45)cc3)c3ccc(-c4cccc5c4sc4ccccc45)cc3)cc2)cc1. The summed E-state index contributed by atoms with van der Waals surface area (Å²) >= 11 is 5.49. The molecule has 0 aliphatic heterocycles. The molecule has 12 rings (SSSR count). The zero-order chi connectivity index (χ0) is 39.6. The summed E-state index contributed by atoms with van der Waals surface area (Å²) in [7, 11) is 0. The first-order valence-electron chi connectivity index (χ1n) is 20.1. The van der Waals surface area contributed by atoms with Gasteiger partial charge >= 0.3 is 0 Å². The number of thiazole rings is 1. The largest absolute Gasteiger partial charge is 0.311 e. The first-order chi connectivity index (χ1) is 29.7. The van der Waals surface area contributed by atoms with Gasteiger partial charge in [-0.05, 0) is 94.0 Å². The van der Waals surface area contributed by atoms with E-state index in [9.17, 15) is 0 Å². The lowest BCUT2D eigenvalue weighted by Crippen LogP contribution is -2.09. The van der Waals surface area contributed by atoms with Crippen molar-refractivity contribution in [2.45, 2.75) is 0 Å². The third-order valence-electron chi connectivity index (χ3n) is 11.5. The van der Waals surface area contributed by atoms with E-state index in [2.05, 4.69) is 211 Å². The molecule has 0 N–H and O–H groups in total. The van der Waals surface area contributed by atoms with Gasteiger partial charge in [-0.1, -0.05) is 146 Å². The number of benzene rings is 9. The molecule has 0 unspecified atom stereocenters. The van der Waals surface area contributed by atoms with Crippen LogP contribution in [0.25, 0.3) is 94.5 Å². The van der Waals surface area contributed by atoms with E-state index in [1.807, 2.05) is 22.7 Å². The number of fused-ring (bicyclic) bond motifs is 8. The molecule has 282 valence electrons. The second kappa shape index (κ2) is 14.4. The Labute approximate surface area is 359 Å². The lowest BCUT2D eigenvalue weighted by atomic mass is 10.0. The van der Waals surface area contributed by atoms with E-state index in [1.54, 1.807) is 11.3 Å². The molecule has 0 amide bonds. The molecular weight excluding hydrogens is 785 g/mol. The van der Waals surface area contributed by atoms with Gasteiger partial charge in [-0.15, -0.1) is 34.0 Å². The predicted molar refractivity (Wildman–Crippen MR) is 262 cm³/mol. The lowest BCUT2D eigenvalue weighted by molar-refractivity contribution is 1.28. The fourth-order valence-electron chi connectivity index (χ4n) is 8.58. The molecule has 0 radical (unpaired) electrons. The second-order valence-corrected chi connectivity index (χ2v) is 18.3. The van der Waals surface area contributed by atoms with E-state index in [1.165, 1.54) is 78.4 Å². The number of nitrogens with zero attached hydrogens (tertiary/aromatic N) is 2. The molecule has 0 aliphatic rings. The van der Waals surface area contributed by atoms with Gasteiger partial charge in [-0.3, -0.25) is 0 Å². The smallest absolute Gasteiger partial charge is 0.124 e. The van der Waals surface area contributed by atoms with E-state index >= 15 is 0 Å². The van der Waals surface area contributed by atoms with E-state index < -0.39 is 0 Å². The number of hydrogen-bond acceptors (Lipinski definition) is 5. The average Bonchev–Trinajstić information content (AvgIpc) is 4.04. The van der Waals surface area contributed by atoms with Crippen LogP contribution in [0.5, 0.6) is 0 Å². The van der Waals surface area contributed by atoms with E-state index in [-0.39, 0.29) is 0 Å². The van der Waals surface area contributed by atoms with Crippen molar-refractivity contribution in [1.29, 1.82) is 0 Å². The van der Waals surface area contributed by atoms with E-state index in [4.69, 9.17) is 4.98 Å². The summed E-state index contributed by atoms with van der Waals surface area (Å²) in [6.45, 7) is 0. The summed E-state index contributed by atoms with van der Waals surface area (Å²) in [5.41, 5.74) is 12.9. The maximum Gasteiger partial charge on any atom is 0.124 e. The normalized spacial score (nSPS) is 11.7. The summed E-state index contributed by atoms with van der Waals surface area (Å²) in [6, 6.07) is 74.9. The fraction of sp³-hybridized carbons (Fsp3) is 0. The lowest BCUT2D eigenvalue weighted by Gasteiger charge is -2.26. The molecule has 3 aromatic heterocycles. The minimum absolute atomic E-state index is 1.07. The molecule has 0 aliphatic carbocycles. The van der Waals surface area contributed by atoms with Crippen LogP contribution in [-0.4, -0.2) is 4.98 Å². The van der Waals surface area contributed by atoms with Crippen molar-refractivity contribution < 1.29 is 0 Å². The van der Waals surface area contributed by atoms with Crippen molar-refractivity contribution in [2.75, 3.05) is 4.90 Å². The Morgan fingerprint density at radius 2 is 0.900 bits per heavy atom. The van der Waals surface area contributed by atoms with Gasteiger partial charge in [0.15, 0.2) is 0 Å². The maximum absolute atomic E-state index is 5.17. The molecule has 5 heteroatoms. The summed E-state index contributed by atoms with van der Waals surface area (Å²) in [6.07, 6.45) is 0. The van der Waals surface area contributed by atoms with Crippen molar-refractivity contribution in [2.24, 2.45) is 0 Å². The highest BCUT2D eigenvalue weighted by atomic mass is 32.1. The van der Waals surface area contributed by atoms with E-state index in [0.717, 1.165) is 33.1 Å². The minimum atomic E-state index is 1.07. The maximum atomic E-state index is 5.17. The van der Waals surface area contributed by atoms with Gasteiger partial charge in [0.2, 0.25) is 0 Å². The van der Waals surface area contributed by atoms with Crippen LogP contribution in [0.15, 0.2) is 206 Å². The van der Waals surface area contributed by atoms with E-state index in [0.29, 0.717) is 0 Å². The molecule has 3 heterocycles. The molecule has 2 nitrogen and oxygen atoms in total. The topological polar surface area (TPSA) is 16.1 Å². The van der Waals surface area contributed by atoms with Crippen LogP contribution in [0.2, 0.25) is 0 Å². The highest BCUT2D eigenvalue weighted by Crippen LogP contribution is 2.44. The molecular formula is C55H34N2S3. The fourth-order valence-corrected chi connectivity index (χ4v) is 12.0. The molecule has 9 aromatic carbocycles. The van der Waals surface area contributed by atoms with Crippen molar-refractivity contribution >= 4 is 102 Å². The monoisotopic (exact) mass is 818 g/mol. The van der Waals surface area contributed by atoms with Crippen molar-refractivity contribution in [3.8, 4) is 44.0 Å². The minimum Gasteiger partial charge on any atom is -0.311 e. The highest BCUT2D eigenvalue weighted by molar-refractivity contribution is 7.27. The molecule has 0 saturated carbocycles. The van der Waals surface area contributed by atoms with Gasteiger partial charge in [-0.2, -0.15) is 0 Å². The Bertz CT molecular complexity index is 3510. The van der Waals surface area contributed by atoms with Crippen molar-refractivity contribution in [3.63, 3.8) is 0 Å². The molecule has 12 aromatic rings. The molecule has 0 atom stereocenters. The standard InChI is InChI=1S/C55H34N2S3/c1-3-10-35(11-4-1)36-18-25-41(26-19-36)57(43-29-22-38(23-30-43)44-15-9-16-46-45-14-7-8-17-48(45)59-54(44)46)42-27-20-37(21-28-42)40-24-31-47-51(34-40)58-49-32-33-50-53(52(47)49)56-55(60-50)39-12-5-2-6-13-39/h1-34H. The van der Waals surface area contributed by atoms with Crippen LogP contribution < -0.4 is 4.90 Å². The van der Waals surface area contributed by atoms with Crippen LogP contribution in [0, 0.1) is 0 Å². The Morgan fingerprint density at radius 1 is 0.333 bits per heavy atom. The third-order valence-corrected chi connectivity index (χ3v) is 15.0.